The number of hydrogen-bond donors (Lipinski definition) is 2. The third kappa shape index (κ3) is 5.51. The maximum atomic E-state index is 12.9. The van der Waals surface area contributed by atoms with E-state index in [-0.39, 0.29) is 41.6 Å². The third-order valence-corrected chi connectivity index (χ3v) is 4.33. The molecule has 0 radical (unpaired) electrons. The number of alkyl halides is 3. The molecule has 1 saturated carbocycles. The summed E-state index contributed by atoms with van der Waals surface area (Å²) in [5.41, 5.74) is 4.92. The number of nitrogens with one attached hydrogen (secondary N) is 1. The molecule has 0 bridgehead atoms. The van der Waals surface area contributed by atoms with Gasteiger partial charge in [0.15, 0.2) is 0 Å². The lowest BCUT2D eigenvalue weighted by Crippen LogP contribution is -2.30. The maximum Gasteiger partial charge on any atom is 0.416 e. The first-order valence-corrected chi connectivity index (χ1v) is 8.21. The first kappa shape index (κ1) is 21.6. The molecule has 0 aliphatic heterocycles. The van der Waals surface area contributed by atoms with Gasteiger partial charge in [0.25, 0.3) is 0 Å². The highest BCUT2D eigenvalue weighted by Gasteiger charge is 2.34. The molecule has 1 fully saturated rings. The van der Waals surface area contributed by atoms with Crippen LogP contribution in [0.4, 0.5) is 18.9 Å². The van der Waals surface area contributed by atoms with Gasteiger partial charge < -0.3 is 15.8 Å². The molecule has 3 N–H and O–H groups in total. The number of halogens is 4. The number of carbonyl (C=O) groups excluding carboxylic acids is 1. The molecule has 142 valence electrons. The Kier molecular flexibility index (Phi) is 8.02. The summed E-state index contributed by atoms with van der Waals surface area (Å²) < 4.78 is 44.3. The van der Waals surface area contributed by atoms with Crippen molar-refractivity contribution >= 4 is 24.0 Å². The molecule has 0 saturated heterocycles. The fourth-order valence-electron chi connectivity index (χ4n) is 3.03. The lowest BCUT2D eigenvalue weighted by atomic mass is 9.95. The van der Waals surface area contributed by atoms with E-state index in [0.717, 1.165) is 25.0 Å². The van der Waals surface area contributed by atoms with Crippen molar-refractivity contribution in [2.24, 2.45) is 17.6 Å². The van der Waals surface area contributed by atoms with Gasteiger partial charge in [0.1, 0.15) is 5.75 Å². The normalized spacial score (nSPS) is 20.0. The van der Waals surface area contributed by atoms with E-state index in [1.54, 1.807) is 0 Å². The van der Waals surface area contributed by atoms with Gasteiger partial charge in [0, 0.05) is 5.92 Å². The zero-order valence-corrected chi connectivity index (χ0v) is 14.9. The minimum Gasteiger partial charge on any atom is -0.491 e. The number of anilines is 1. The summed E-state index contributed by atoms with van der Waals surface area (Å²) in [4.78, 5) is 12.5. The van der Waals surface area contributed by atoms with Crippen molar-refractivity contribution in [3.8, 4) is 5.75 Å². The quantitative estimate of drug-likeness (QED) is 0.776. The van der Waals surface area contributed by atoms with Crippen LogP contribution >= 0.6 is 12.4 Å². The highest BCUT2D eigenvalue weighted by molar-refractivity contribution is 5.94. The Hall–Kier alpha value is -1.47. The van der Waals surface area contributed by atoms with Crippen LogP contribution in [-0.4, -0.2) is 19.1 Å². The summed E-state index contributed by atoms with van der Waals surface area (Å²) in [6.45, 7) is 2.66. The molecular formula is C17H24ClF3N2O2. The van der Waals surface area contributed by atoms with Crippen molar-refractivity contribution < 1.29 is 22.7 Å². The molecule has 0 heterocycles. The number of benzene rings is 1. The van der Waals surface area contributed by atoms with Crippen LogP contribution in [0.5, 0.6) is 5.75 Å². The fraction of sp³-hybridized carbons (Fsp3) is 0.588. The molecule has 0 spiro atoms. The van der Waals surface area contributed by atoms with E-state index in [0.29, 0.717) is 26.0 Å². The van der Waals surface area contributed by atoms with Crippen LogP contribution in [0.15, 0.2) is 18.2 Å². The van der Waals surface area contributed by atoms with Crippen molar-refractivity contribution in [2.75, 3.05) is 18.5 Å². The van der Waals surface area contributed by atoms with Gasteiger partial charge in [0.05, 0.1) is 17.9 Å². The van der Waals surface area contributed by atoms with Gasteiger partial charge in [0.2, 0.25) is 5.91 Å². The van der Waals surface area contributed by atoms with Gasteiger partial charge in [-0.05, 0) is 49.9 Å². The predicted molar refractivity (Wildman–Crippen MR) is 93.0 cm³/mol. The molecule has 8 heteroatoms. The van der Waals surface area contributed by atoms with Crippen LogP contribution < -0.4 is 15.8 Å². The molecular weight excluding hydrogens is 357 g/mol. The van der Waals surface area contributed by atoms with Crippen molar-refractivity contribution in [1.29, 1.82) is 0 Å². The molecule has 1 aromatic rings. The standard InChI is InChI=1S/C17H23F3N2O2.ClH/c1-2-8-24-15-7-6-12(17(18,19)20)9-14(15)22-16(23)13-5-3-4-11(13)10-21;/h6-7,9,11,13H,2-5,8,10,21H2,1H3,(H,22,23);1H/t11-,13-;/m1./s1. The van der Waals surface area contributed by atoms with E-state index in [2.05, 4.69) is 5.32 Å². The molecule has 25 heavy (non-hydrogen) atoms. The topological polar surface area (TPSA) is 64.3 Å². The van der Waals surface area contributed by atoms with Gasteiger partial charge in [-0.2, -0.15) is 13.2 Å². The van der Waals surface area contributed by atoms with Gasteiger partial charge in [-0.15, -0.1) is 12.4 Å². The van der Waals surface area contributed by atoms with Crippen LogP contribution in [0.1, 0.15) is 38.2 Å². The molecule has 2 atom stereocenters. The highest BCUT2D eigenvalue weighted by atomic mass is 35.5. The largest absolute Gasteiger partial charge is 0.491 e. The van der Waals surface area contributed by atoms with E-state index >= 15 is 0 Å². The molecule has 2 rings (SSSR count). The maximum absolute atomic E-state index is 12.9. The molecule has 4 nitrogen and oxygen atoms in total. The number of nitrogens with two attached hydrogens (primary N) is 1. The van der Waals surface area contributed by atoms with Crippen molar-refractivity contribution in [1.82, 2.24) is 0 Å². The summed E-state index contributed by atoms with van der Waals surface area (Å²) in [5.74, 6) is -0.219. The second-order valence-electron chi connectivity index (χ2n) is 6.08. The smallest absolute Gasteiger partial charge is 0.416 e. The second kappa shape index (κ2) is 9.29. The van der Waals surface area contributed by atoms with E-state index in [1.165, 1.54) is 6.07 Å². The van der Waals surface area contributed by atoms with Crippen LogP contribution in [0.25, 0.3) is 0 Å². The first-order chi connectivity index (χ1) is 11.4. The SMILES string of the molecule is CCCOc1ccc(C(F)(F)F)cc1NC(=O)[C@@H]1CCC[C@@H]1CN.Cl. The zero-order chi connectivity index (χ0) is 17.7. The molecule has 1 aliphatic carbocycles. The van der Waals surface area contributed by atoms with Crippen LogP contribution in [0.2, 0.25) is 0 Å². The van der Waals surface area contributed by atoms with E-state index < -0.39 is 11.7 Å². The average molecular weight is 381 g/mol. The number of amides is 1. The highest BCUT2D eigenvalue weighted by Crippen LogP contribution is 2.37. The van der Waals surface area contributed by atoms with E-state index in [1.807, 2.05) is 6.92 Å². The Morgan fingerprint density at radius 1 is 1.36 bits per heavy atom. The number of ether oxygens (including phenoxy) is 1. The van der Waals surface area contributed by atoms with Crippen molar-refractivity contribution in [2.45, 2.75) is 38.8 Å². The summed E-state index contributed by atoms with van der Waals surface area (Å²) >= 11 is 0. The Balaban J connectivity index is 0.00000312. The lowest BCUT2D eigenvalue weighted by Gasteiger charge is -2.20. The van der Waals surface area contributed by atoms with E-state index in [9.17, 15) is 18.0 Å². The Labute approximate surface area is 151 Å². The summed E-state index contributed by atoms with van der Waals surface area (Å²) in [5, 5.41) is 2.62. The molecule has 1 aliphatic rings. The van der Waals surface area contributed by atoms with Crippen LogP contribution in [0.3, 0.4) is 0 Å². The molecule has 0 unspecified atom stereocenters. The van der Waals surface area contributed by atoms with Crippen LogP contribution in [0, 0.1) is 11.8 Å². The second-order valence-corrected chi connectivity index (χ2v) is 6.08. The number of carbonyl (C=O) groups is 1. The third-order valence-electron chi connectivity index (χ3n) is 4.33. The van der Waals surface area contributed by atoms with Crippen molar-refractivity contribution in [3.63, 3.8) is 0 Å². The van der Waals surface area contributed by atoms with Crippen LogP contribution in [-0.2, 0) is 11.0 Å². The summed E-state index contributed by atoms with van der Waals surface area (Å²) in [7, 11) is 0. The van der Waals surface area contributed by atoms with Gasteiger partial charge >= 0.3 is 6.18 Å². The lowest BCUT2D eigenvalue weighted by molar-refractivity contribution is -0.137. The van der Waals surface area contributed by atoms with Gasteiger partial charge in [-0.25, -0.2) is 0 Å². The van der Waals surface area contributed by atoms with Gasteiger partial charge in [-0.1, -0.05) is 13.3 Å². The number of hydrogen-bond acceptors (Lipinski definition) is 3. The monoisotopic (exact) mass is 380 g/mol. The number of rotatable bonds is 6. The zero-order valence-electron chi connectivity index (χ0n) is 14.1. The van der Waals surface area contributed by atoms with E-state index in [4.69, 9.17) is 10.5 Å². The minimum atomic E-state index is -4.48. The molecule has 0 aromatic heterocycles. The Bertz CT molecular complexity index is 582. The van der Waals surface area contributed by atoms with Gasteiger partial charge in [-0.3, -0.25) is 4.79 Å². The Morgan fingerprint density at radius 3 is 2.68 bits per heavy atom. The Morgan fingerprint density at radius 2 is 2.08 bits per heavy atom. The molecule has 1 aromatic carbocycles. The summed E-state index contributed by atoms with van der Waals surface area (Å²) in [6.07, 6.45) is -1.28. The first-order valence-electron chi connectivity index (χ1n) is 8.21. The predicted octanol–water partition coefficient (Wildman–Crippen LogP) is 4.23. The fourth-order valence-corrected chi connectivity index (χ4v) is 3.03. The summed E-state index contributed by atoms with van der Waals surface area (Å²) in [6, 6.07) is 3.14. The minimum absolute atomic E-state index is 0. The average Bonchev–Trinajstić information content (AvgIpc) is 3.01. The van der Waals surface area contributed by atoms with Crippen molar-refractivity contribution in [3.05, 3.63) is 23.8 Å². The molecule has 1 amide bonds.